The first-order valence-corrected chi connectivity index (χ1v) is 8.08. The van der Waals surface area contributed by atoms with Gasteiger partial charge in [0, 0.05) is 6.07 Å². The number of amides is 4. The lowest BCUT2D eigenvalue weighted by Gasteiger charge is -2.26. The number of carboxylic acid groups (broad SMARTS) is 1. The summed E-state index contributed by atoms with van der Waals surface area (Å²) in [6.45, 7) is 0.0366. The van der Waals surface area contributed by atoms with Gasteiger partial charge < -0.3 is 14.6 Å². The fourth-order valence-corrected chi connectivity index (χ4v) is 2.80. The lowest BCUT2D eigenvalue weighted by molar-refractivity contribution is -0.122. The largest absolute Gasteiger partial charge is 0.478 e. The van der Waals surface area contributed by atoms with Crippen molar-refractivity contribution in [3.63, 3.8) is 0 Å². The third-order valence-electron chi connectivity index (χ3n) is 4.18. The second-order valence-corrected chi connectivity index (χ2v) is 5.92. The summed E-state index contributed by atoms with van der Waals surface area (Å²) in [6, 6.07) is 9.25. The van der Waals surface area contributed by atoms with E-state index >= 15 is 0 Å². The van der Waals surface area contributed by atoms with E-state index in [4.69, 9.17) is 14.6 Å². The third-order valence-corrected chi connectivity index (χ3v) is 4.18. The number of carbonyl (C=O) groups excluding carboxylic acids is 3. The van der Waals surface area contributed by atoms with Crippen LogP contribution in [0.5, 0.6) is 11.5 Å². The highest BCUT2D eigenvalue weighted by molar-refractivity contribution is 6.39. The number of aromatic carboxylic acids is 1. The molecule has 2 aromatic carbocycles. The summed E-state index contributed by atoms with van der Waals surface area (Å²) < 4.78 is 10.5. The van der Waals surface area contributed by atoms with Crippen molar-refractivity contribution in [1.82, 2.24) is 5.32 Å². The van der Waals surface area contributed by atoms with Crippen LogP contribution in [0.25, 0.3) is 6.08 Å². The number of hydrogen-bond donors (Lipinski definition) is 2. The monoisotopic (exact) mass is 380 g/mol. The van der Waals surface area contributed by atoms with Crippen LogP contribution in [0.4, 0.5) is 10.5 Å². The first-order chi connectivity index (χ1) is 13.4. The van der Waals surface area contributed by atoms with Gasteiger partial charge in [-0.05, 0) is 35.9 Å². The van der Waals surface area contributed by atoms with Crippen LogP contribution >= 0.6 is 0 Å². The van der Waals surface area contributed by atoms with Gasteiger partial charge >= 0.3 is 12.0 Å². The van der Waals surface area contributed by atoms with Crippen LogP contribution in [0.2, 0.25) is 0 Å². The van der Waals surface area contributed by atoms with Crippen molar-refractivity contribution < 1.29 is 33.8 Å². The Labute approximate surface area is 157 Å². The minimum atomic E-state index is -1.09. The molecule has 2 N–H and O–H groups in total. The van der Waals surface area contributed by atoms with Crippen LogP contribution in [-0.2, 0) is 9.59 Å². The van der Waals surface area contributed by atoms with Crippen molar-refractivity contribution in [2.24, 2.45) is 0 Å². The van der Waals surface area contributed by atoms with Crippen LogP contribution in [0.3, 0.4) is 0 Å². The number of benzene rings is 2. The number of carbonyl (C=O) groups is 4. The minimum Gasteiger partial charge on any atom is -0.478 e. The van der Waals surface area contributed by atoms with Crippen LogP contribution in [-0.4, -0.2) is 35.7 Å². The molecule has 2 aliphatic heterocycles. The predicted octanol–water partition coefficient (Wildman–Crippen LogP) is 1.78. The van der Waals surface area contributed by atoms with Crippen LogP contribution in [0.1, 0.15) is 15.9 Å². The quantitative estimate of drug-likeness (QED) is 0.615. The Kier molecular flexibility index (Phi) is 4.04. The van der Waals surface area contributed by atoms with Gasteiger partial charge in [-0.15, -0.1) is 0 Å². The van der Waals surface area contributed by atoms with Crippen molar-refractivity contribution in [3.8, 4) is 11.5 Å². The van der Waals surface area contributed by atoms with Gasteiger partial charge in [-0.1, -0.05) is 12.1 Å². The second-order valence-electron chi connectivity index (χ2n) is 5.92. The molecule has 2 aromatic rings. The zero-order chi connectivity index (χ0) is 19.8. The Balaban J connectivity index is 1.68. The SMILES string of the molecule is O=C1NC(=O)N(c2ccc3c(c2)OCO3)C(=O)/C1=C/c1ccc(C(=O)O)cc1. The molecule has 2 heterocycles. The first-order valence-electron chi connectivity index (χ1n) is 8.08. The zero-order valence-corrected chi connectivity index (χ0v) is 14.2. The normalized spacial score (nSPS) is 17.1. The summed E-state index contributed by atoms with van der Waals surface area (Å²) in [7, 11) is 0. The van der Waals surface area contributed by atoms with Crippen LogP contribution in [0, 0.1) is 0 Å². The van der Waals surface area contributed by atoms with Crippen molar-refractivity contribution in [3.05, 3.63) is 59.2 Å². The summed E-state index contributed by atoms with van der Waals surface area (Å²) in [5, 5.41) is 11.1. The lowest BCUT2D eigenvalue weighted by Crippen LogP contribution is -2.54. The van der Waals surface area contributed by atoms with Gasteiger partial charge in [0.15, 0.2) is 11.5 Å². The van der Waals surface area contributed by atoms with Crippen molar-refractivity contribution in [1.29, 1.82) is 0 Å². The molecule has 0 aromatic heterocycles. The van der Waals surface area contributed by atoms with Crippen molar-refractivity contribution in [2.45, 2.75) is 0 Å². The average Bonchev–Trinajstić information content (AvgIpc) is 3.13. The molecule has 0 spiro atoms. The highest BCUT2D eigenvalue weighted by atomic mass is 16.7. The molecule has 4 amide bonds. The van der Waals surface area contributed by atoms with Gasteiger partial charge in [-0.3, -0.25) is 14.9 Å². The second kappa shape index (κ2) is 6.54. The maximum Gasteiger partial charge on any atom is 0.335 e. The van der Waals surface area contributed by atoms with E-state index in [9.17, 15) is 19.2 Å². The van der Waals surface area contributed by atoms with E-state index in [0.717, 1.165) is 4.90 Å². The number of barbiturate groups is 1. The van der Waals surface area contributed by atoms with Gasteiger partial charge in [0.05, 0.1) is 11.3 Å². The Morgan fingerprint density at radius 3 is 2.46 bits per heavy atom. The minimum absolute atomic E-state index is 0.0366. The number of nitrogens with one attached hydrogen (secondary N) is 1. The van der Waals surface area contributed by atoms with E-state index in [-0.39, 0.29) is 23.6 Å². The van der Waals surface area contributed by atoms with E-state index in [2.05, 4.69) is 5.32 Å². The molecule has 0 bridgehead atoms. The number of imide groups is 2. The smallest absolute Gasteiger partial charge is 0.335 e. The number of anilines is 1. The Hall–Kier alpha value is -4.14. The Morgan fingerprint density at radius 2 is 1.75 bits per heavy atom. The molecule has 2 aliphatic rings. The number of ether oxygens (including phenoxy) is 2. The van der Waals surface area contributed by atoms with E-state index < -0.39 is 23.8 Å². The Bertz CT molecular complexity index is 1060. The first kappa shape index (κ1) is 17.3. The van der Waals surface area contributed by atoms with Gasteiger partial charge in [0.25, 0.3) is 11.8 Å². The van der Waals surface area contributed by atoms with Gasteiger partial charge in [0.2, 0.25) is 6.79 Å². The maximum absolute atomic E-state index is 12.8. The zero-order valence-electron chi connectivity index (χ0n) is 14.2. The molecule has 0 aliphatic carbocycles. The number of nitrogens with zero attached hydrogens (tertiary/aromatic N) is 1. The number of hydrogen-bond acceptors (Lipinski definition) is 6. The van der Waals surface area contributed by atoms with Gasteiger partial charge in [-0.25, -0.2) is 14.5 Å². The number of fused-ring (bicyclic) bond motifs is 1. The standard InChI is InChI=1S/C19H12N2O7/c22-16-13(7-10-1-3-11(4-2-10)18(24)25)17(23)21(19(26)20-16)12-5-6-14-15(8-12)28-9-27-14/h1-8H,9H2,(H,24,25)(H,20,22,26)/b13-7+. The van der Waals surface area contributed by atoms with E-state index in [1.165, 1.54) is 42.5 Å². The fourth-order valence-electron chi connectivity index (χ4n) is 2.80. The summed E-state index contributed by atoms with van der Waals surface area (Å²) >= 11 is 0. The number of carboxylic acids is 1. The molecule has 28 heavy (non-hydrogen) atoms. The number of urea groups is 1. The summed E-state index contributed by atoms with van der Waals surface area (Å²) in [4.78, 5) is 49.0. The maximum atomic E-state index is 12.8. The average molecular weight is 380 g/mol. The molecule has 4 rings (SSSR count). The topological polar surface area (TPSA) is 122 Å². The molecule has 0 unspecified atom stereocenters. The molecule has 140 valence electrons. The Morgan fingerprint density at radius 1 is 1.04 bits per heavy atom. The van der Waals surface area contributed by atoms with Crippen LogP contribution < -0.4 is 19.7 Å². The summed E-state index contributed by atoms with van der Waals surface area (Å²) in [6.07, 6.45) is 1.29. The molecule has 0 radical (unpaired) electrons. The lowest BCUT2D eigenvalue weighted by atomic mass is 10.1. The summed E-state index contributed by atoms with van der Waals surface area (Å²) in [5.74, 6) is -1.88. The third kappa shape index (κ3) is 2.94. The van der Waals surface area contributed by atoms with Gasteiger partial charge in [-0.2, -0.15) is 0 Å². The van der Waals surface area contributed by atoms with E-state index in [1.807, 2.05) is 0 Å². The van der Waals surface area contributed by atoms with Gasteiger partial charge in [0.1, 0.15) is 5.57 Å². The van der Waals surface area contributed by atoms with Crippen molar-refractivity contribution >= 4 is 35.6 Å². The van der Waals surface area contributed by atoms with E-state index in [1.54, 1.807) is 6.07 Å². The molecule has 1 fully saturated rings. The number of rotatable bonds is 3. The molecule has 0 saturated carbocycles. The molecule has 0 atom stereocenters. The molecule has 1 saturated heterocycles. The fraction of sp³-hybridized carbons (Fsp3) is 0.0526. The van der Waals surface area contributed by atoms with Crippen LogP contribution in [0.15, 0.2) is 48.0 Å². The molecule has 9 heteroatoms. The molecular formula is C19H12N2O7. The highest BCUT2D eigenvalue weighted by Gasteiger charge is 2.37. The van der Waals surface area contributed by atoms with Crippen molar-refractivity contribution in [2.75, 3.05) is 11.7 Å². The summed E-state index contributed by atoms with van der Waals surface area (Å²) in [5.41, 5.74) is 0.453. The highest BCUT2D eigenvalue weighted by Crippen LogP contribution is 2.36. The molecular weight excluding hydrogens is 368 g/mol. The van der Waals surface area contributed by atoms with E-state index in [0.29, 0.717) is 17.1 Å². The predicted molar refractivity (Wildman–Crippen MR) is 95.0 cm³/mol. The molecule has 9 nitrogen and oxygen atoms in total.